The SMILES string of the molecule is CN(C)Cn1cnc2cc(CN3CCOCC3)ccc21. The Kier molecular flexibility index (Phi) is 4.00. The van der Waals surface area contributed by atoms with Crippen molar-refractivity contribution in [2.24, 2.45) is 0 Å². The number of fused-ring (bicyclic) bond motifs is 1. The molecule has 3 rings (SSSR count). The smallest absolute Gasteiger partial charge is 0.0969 e. The summed E-state index contributed by atoms with van der Waals surface area (Å²) in [5, 5.41) is 0. The molecule has 1 aromatic carbocycles. The Labute approximate surface area is 119 Å². The molecule has 0 radical (unpaired) electrons. The van der Waals surface area contributed by atoms with Gasteiger partial charge in [-0.15, -0.1) is 0 Å². The first-order valence-corrected chi connectivity index (χ1v) is 7.11. The quantitative estimate of drug-likeness (QED) is 0.843. The van der Waals surface area contributed by atoms with Gasteiger partial charge in [-0.1, -0.05) is 6.07 Å². The van der Waals surface area contributed by atoms with Gasteiger partial charge in [0.25, 0.3) is 0 Å². The third-order valence-electron chi connectivity index (χ3n) is 3.63. The van der Waals surface area contributed by atoms with Crippen molar-refractivity contribution in [1.29, 1.82) is 0 Å². The van der Waals surface area contributed by atoms with Crippen molar-refractivity contribution in [1.82, 2.24) is 19.4 Å². The van der Waals surface area contributed by atoms with E-state index >= 15 is 0 Å². The predicted molar refractivity (Wildman–Crippen MR) is 79.5 cm³/mol. The lowest BCUT2D eigenvalue weighted by Gasteiger charge is -2.26. The van der Waals surface area contributed by atoms with Crippen LogP contribution in [0.3, 0.4) is 0 Å². The average Bonchev–Trinajstić information content (AvgIpc) is 2.82. The molecule has 0 unspecified atom stereocenters. The Morgan fingerprint density at radius 1 is 1.25 bits per heavy atom. The molecule has 0 saturated carbocycles. The van der Waals surface area contributed by atoms with Gasteiger partial charge in [0.2, 0.25) is 0 Å². The normalized spacial score (nSPS) is 17.1. The monoisotopic (exact) mass is 274 g/mol. The highest BCUT2D eigenvalue weighted by molar-refractivity contribution is 5.76. The highest BCUT2D eigenvalue weighted by atomic mass is 16.5. The summed E-state index contributed by atoms with van der Waals surface area (Å²) in [6.45, 7) is 5.58. The lowest BCUT2D eigenvalue weighted by atomic mass is 10.2. The first kappa shape index (κ1) is 13.5. The Bertz CT molecular complexity index is 572. The molecule has 5 heteroatoms. The van der Waals surface area contributed by atoms with Gasteiger partial charge in [0.1, 0.15) is 0 Å². The van der Waals surface area contributed by atoms with Gasteiger partial charge >= 0.3 is 0 Å². The highest BCUT2D eigenvalue weighted by Crippen LogP contribution is 2.17. The molecule has 1 aliphatic heterocycles. The van der Waals surface area contributed by atoms with Crippen LogP contribution in [0.15, 0.2) is 24.5 Å². The lowest BCUT2D eigenvalue weighted by molar-refractivity contribution is 0.0342. The Hall–Kier alpha value is -1.43. The van der Waals surface area contributed by atoms with Crippen molar-refractivity contribution in [3.63, 3.8) is 0 Å². The number of rotatable bonds is 4. The number of hydrogen-bond donors (Lipinski definition) is 0. The molecule has 0 atom stereocenters. The fourth-order valence-corrected chi connectivity index (χ4v) is 2.64. The number of imidazole rings is 1. The zero-order chi connectivity index (χ0) is 13.9. The molecule has 0 bridgehead atoms. The fraction of sp³-hybridized carbons (Fsp3) is 0.533. The molecule has 0 amide bonds. The number of morpholine rings is 1. The summed E-state index contributed by atoms with van der Waals surface area (Å²) >= 11 is 0. The molecule has 1 fully saturated rings. The van der Waals surface area contributed by atoms with Crippen LogP contribution < -0.4 is 0 Å². The third kappa shape index (κ3) is 3.00. The number of hydrogen-bond acceptors (Lipinski definition) is 4. The van der Waals surface area contributed by atoms with Gasteiger partial charge in [0, 0.05) is 19.6 Å². The van der Waals surface area contributed by atoms with Crippen molar-refractivity contribution < 1.29 is 4.74 Å². The van der Waals surface area contributed by atoms with Crippen LogP contribution in [0.25, 0.3) is 11.0 Å². The van der Waals surface area contributed by atoms with Crippen molar-refractivity contribution in [3.8, 4) is 0 Å². The van der Waals surface area contributed by atoms with E-state index in [0.717, 1.165) is 45.0 Å². The number of aromatic nitrogens is 2. The summed E-state index contributed by atoms with van der Waals surface area (Å²) in [6, 6.07) is 6.60. The number of ether oxygens (including phenoxy) is 1. The minimum Gasteiger partial charge on any atom is -0.379 e. The maximum atomic E-state index is 5.39. The summed E-state index contributed by atoms with van der Waals surface area (Å²) in [5.41, 5.74) is 3.61. The van der Waals surface area contributed by atoms with Gasteiger partial charge in [-0.25, -0.2) is 4.98 Å². The summed E-state index contributed by atoms with van der Waals surface area (Å²) < 4.78 is 7.56. The molecule has 108 valence electrons. The van der Waals surface area contributed by atoms with E-state index in [4.69, 9.17) is 4.74 Å². The highest BCUT2D eigenvalue weighted by Gasteiger charge is 2.11. The second-order valence-electron chi connectivity index (χ2n) is 5.65. The zero-order valence-corrected chi connectivity index (χ0v) is 12.2. The third-order valence-corrected chi connectivity index (χ3v) is 3.63. The van der Waals surface area contributed by atoms with Gasteiger partial charge in [-0.3, -0.25) is 9.80 Å². The van der Waals surface area contributed by atoms with Gasteiger partial charge in [-0.2, -0.15) is 0 Å². The first-order chi connectivity index (χ1) is 9.72. The number of nitrogens with zero attached hydrogens (tertiary/aromatic N) is 4. The van der Waals surface area contributed by atoms with Gasteiger partial charge < -0.3 is 9.30 Å². The van der Waals surface area contributed by atoms with Crippen LogP contribution in [-0.4, -0.2) is 59.7 Å². The molecular weight excluding hydrogens is 252 g/mol. The summed E-state index contributed by atoms with van der Waals surface area (Å²) in [6.07, 6.45) is 1.92. The standard InChI is InChI=1S/C15H22N4O/c1-17(2)12-19-11-16-14-9-13(3-4-15(14)19)10-18-5-7-20-8-6-18/h3-4,9,11H,5-8,10,12H2,1-2H3. The van der Waals surface area contributed by atoms with E-state index in [-0.39, 0.29) is 0 Å². The van der Waals surface area contributed by atoms with E-state index in [1.165, 1.54) is 11.1 Å². The van der Waals surface area contributed by atoms with E-state index in [9.17, 15) is 0 Å². The van der Waals surface area contributed by atoms with Crippen LogP contribution in [0, 0.1) is 0 Å². The maximum absolute atomic E-state index is 5.39. The van der Waals surface area contributed by atoms with E-state index in [1.54, 1.807) is 0 Å². The van der Waals surface area contributed by atoms with E-state index < -0.39 is 0 Å². The maximum Gasteiger partial charge on any atom is 0.0969 e. The zero-order valence-electron chi connectivity index (χ0n) is 12.2. The van der Waals surface area contributed by atoms with E-state index in [0.29, 0.717) is 0 Å². The minimum atomic E-state index is 0.847. The second-order valence-corrected chi connectivity index (χ2v) is 5.65. The molecule has 1 aromatic heterocycles. The van der Waals surface area contributed by atoms with Crippen molar-refractivity contribution >= 4 is 11.0 Å². The molecule has 2 heterocycles. The topological polar surface area (TPSA) is 33.5 Å². The first-order valence-electron chi connectivity index (χ1n) is 7.11. The molecule has 1 aliphatic rings. The fourth-order valence-electron chi connectivity index (χ4n) is 2.64. The van der Waals surface area contributed by atoms with Crippen molar-refractivity contribution in [2.45, 2.75) is 13.2 Å². The number of benzene rings is 1. The summed E-state index contributed by atoms with van der Waals surface area (Å²) in [7, 11) is 4.14. The molecule has 1 saturated heterocycles. The van der Waals surface area contributed by atoms with Crippen LogP contribution in [0.5, 0.6) is 0 Å². The molecular formula is C15H22N4O. The van der Waals surface area contributed by atoms with Crippen LogP contribution in [0.2, 0.25) is 0 Å². The van der Waals surface area contributed by atoms with Gasteiger partial charge in [0.05, 0.1) is 37.2 Å². The van der Waals surface area contributed by atoms with Crippen molar-refractivity contribution in [3.05, 3.63) is 30.1 Å². The Morgan fingerprint density at radius 2 is 2.05 bits per heavy atom. The minimum absolute atomic E-state index is 0.847. The Morgan fingerprint density at radius 3 is 2.80 bits per heavy atom. The van der Waals surface area contributed by atoms with Crippen LogP contribution in [-0.2, 0) is 18.0 Å². The van der Waals surface area contributed by atoms with Crippen LogP contribution >= 0.6 is 0 Å². The summed E-state index contributed by atoms with van der Waals surface area (Å²) in [5.74, 6) is 0. The van der Waals surface area contributed by atoms with E-state index in [1.807, 2.05) is 6.33 Å². The summed E-state index contributed by atoms with van der Waals surface area (Å²) in [4.78, 5) is 9.09. The molecule has 0 aliphatic carbocycles. The van der Waals surface area contributed by atoms with Gasteiger partial charge in [-0.05, 0) is 31.8 Å². The predicted octanol–water partition coefficient (Wildman–Crippen LogP) is 1.39. The lowest BCUT2D eigenvalue weighted by Crippen LogP contribution is -2.35. The van der Waals surface area contributed by atoms with E-state index in [2.05, 4.69) is 51.6 Å². The second kappa shape index (κ2) is 5.91. The average molecular weight is 274 g/mol. The molecule has 20 heavy (non-hydrogen) atoms. The molecule has 5 nitrogen and oxygen atoms in total. The molecule has 0 N–H and O–H groups in total. The largest absolute Gasteiger partial charge is 0.379 e. The molecule has 2 aromatic rings. The van der Waals surface area contributed by atoms with Crippen LogP contribution in [0.1, 0.15) is 5.56 Å². The Balaban J connectivity index is 1.77. The van der Waals surface area contributed by atoms with Gasteiger partial charge in [0.15, 0.2) is 0 Å². The molecule has 0 spiro atoms. The van der Waals surface area contributed by atoms with Crippen molar-refractivity contribution in [2.75, 3.05) is 40.4 Å². The van der Waals surface area contributed by atoms with Crippen LogP contribution in [0.4, 0.5) is 0 Å².